The Morgan fingerprint density at radius 3 is 2.85 bits per heavy atom. The van der Waals surface area contributed by atoms with Gasteiger partial charge in [-0.3, -0.25) is 9.20 Å². The van der Waals surface area contributed by atoms with Crippen molar-refractivity contribution in [2.45, 2.75) is 32.7 Å². The maximum absolute atomic E-state index is 12.8. The van der Waals surface area contributed by atoms with E-state index in [-0.39, 0.29) is 24.0 Å². The van der Waals surface area contributed by atoms with Crippen LogP contribution in [-0.4, -0.2) is 33.1 Å². The summed E-state index contributed by atoms with van der Waals surface area (Å²) in [6, 6.07) is 5.60. The molecule has 0 amide bonds. The first-order chi connectivity index (χ1) is 12.5. The molecule has 26 heavy (non-hydrogen) atoms. The number of nitrogens with zero attached hydrogens (tertiary/aromatic N) is 4. The fourth-order valence-electron chi connectivity index (χ4n) is 3.45. The van der Waals surface area contributed by atoms with E-state index in [9.17, 15) is 9.90 Å². The van der Waals surface area contributed by atoms with Gasteiger partial charge in [-0.1, -0.05) is 6.07 Å². The molecule has 0 aliphatic heterocycles. The average molecular weight is 370 g/mol. The van der Waals surface area contributed by atoms with Crippen LogP contribution >= 0.6 is 11.3 Å². The Labute approximate surface area is 155 Å². The lowest BCUT2D eigenvalue weighted by Crippen LogP contribution is -2.22. The second kappa shape index (κ2) is 6.48. The summed E-state index contributed by atoms with van der Waals surface area (Å²) in [6.07, 6.45) is 2.78. The first kappa shape index (κ1) is 17.2. The van der Waals surface area contributed by atoms with Crippen LogP contribution in [0, 0.1) is 19.8 Å². The van der Waals surface area contributed by atoms with Crippen LogP contribution in [-0.2, 0) is 6.54 Å². The van der Waals surface area contributed by atoms with Gasteiger partial charge in [-0.15, -0.1) is 11.3 Å². The summed E-state index contributed by atoms with van der Waals surface area (Å²) in [4.78, 5) is 25.7. The summed E-state index contributed by atoms with van der Waals surface area (Å²) in [5.74, 6) is 1.40. The third-order valence-electron chi connectivity index (χ3n) is 4.98. The van der Waals surface area contributed by atoms with Crippen LogP contribution in [0.5, 0.6) is 0 Å². The number of thiazole rings is 1. The van der Waals surface area contributed by atoms with Crippen LogP contribution in [0.15, 0.2) is 29.2 Å². The third-order valence-corrected chi connectivity index (χ3v) is 5.95. The summed E-state index contributed by atoms with van der Waals surface area (Å²) in [6.45, 7) is 4.74. The number of aliphatic hydroxyl groups is 1. The van der Waals surface area contributed by atoms with Gasteiger partial charge >= 0.3 is 0 Å². The monoisotopic (exact) mass is 370 g/mol. The van der Waals surface area contributed by atoms with Crippen molar-refractivity contribution in [3.63, 3.8) is 0 Å². The van der Waals surface area contributed by atoms with E-state index < -0.39 is 0 Å². The largest absolute Gasteiger partial charge is 0.396 e. The molecule has 3 aromatic heterocycles. The topological polar surface area (TPSA) is 70.7 Å². The minimum atomic E-state index is -0.0433. The highest BCUT2D eigenvalue weighted by Crippen LogP contribution is 2.49. The van der Waals surface area contributed by atoms with Gasteiger partial charge in [0.05, 0.1) is 12.2 Å². The van der Waals surface area contributed by atoms with Gasteiger partial charge in [0.1, 0.15) is 5.82 Å². The predicted octanol–water partition coefficient (Wildman–Crippen LogP) is 2.50. The number of hydrogen-bond donors (Lipinski definition) is 1. The van der Waals surface area contributed by atoms with Crippen molar-refractivity contribution in [3.05, 3.63) is 56.6 Å². The molecule has 136 valence electrons. The average Bonchev–Trinajstić information content (AvgIpc) is 3.30. The lowest BCUT2D eigenvalue weighted by atomic mass is 10.2. The van der Waals surface area contributed by atoms with Gasteiger partial charge < -0.3 is 10.0 Å². The molecule has 1 fully saturated rings. The van der Waals surface area contributed by atoms with Crippen LogP contribution in [0.2, 0.25) is 0 Å². The SMILES string of the molecule is Cc1ccc(N(C)Cc2cc(=O)n3c(C4CC4CO)c(C)sc3n2)nc1. The molecular weight excluding hydrogens is 348 g/mol. The molecule has 4 rings (SSSR count). The summed E-state index contributed by atoms with van der Waals surface area (Å²) in [5.41, 5.74) is 2.84. The van der Waals surface area contributed by atoms with Crippen molar-refractivity contribution in [2.75, 3.05) is 18.6 Å². The van der Waals surface area contributed by atoms with Crippen molar-refractivity contribution in [1.82, 2.24) is 14.4 Å². The highest BCUT2D eigenvalue weighted by Gasteiger charge is 2.41. The molecule has 0 radical (unpaired) electrons. The second-order valence-electron chi connectivity index (χ2n) is 7.08. The van der Waals surface area contributed by atoms with E-state index in [1.54, 1.807) is 21.8 Å². The van der Waals surface area contributed by atoms with E-state index in [0.29, 0.717) is 6.54 Å². The van der Waals surface area contributed by atoms with Gasteiger partial charge in [-0.2, -0.15) is 0 Å². The smallest absolute Gasteiger partial charge is 0.259 e. The Hall–Kier alpha value is -2.25. The second-order valence-corrected chi connectivity index (χ2v) is 8.26. The van der Waals surface area contributed by atoms with Crippen LogP contribution in [0.25, 0.3) is 4.96 Å². The molecule has 1 N–H and O–H groups in total. The maximum Gasteiger partial charge on any atom is 0.259 e. The van der Waals surface area contributed by atoms with Gasteiger partial charge in [0.2, 0.25) is 0 Å². The van der Waals surface area contributed by atoms with Gasteiger partial charge in [0, 0.05) is 42.4 Å². The zero-order valence-electron chi connectivity index (χ0n) is 15.1. The zero-order chi connectivity index (χ0) is 18.4. The molecule has 2 atom stereocenters. The fraction of sp³-hybridized carbons (Fsp3) is 0.421. The molecule has 1 aliphatic rings. The molecule has 3 heterocycles. The van der Waals surface area contributed by atoms with Crippen LogP contribution in [0.4, 0.5) is 5.82 Å². The molecule has 1 saturated carbocycles. The lowest BCUT2D eigenvalue weighted by molar-refractivity contribution is 0.273. The normalized spacial score (nSPS) is 19.1. The van der Waals surface area contributed by atoms with Gasteiger partial charge in [-0.25, -0.2) is 9.97 Å². The third kappa shape index (κ3) is 3.01. The number of aliphatic hydroxyl groups excluding tert-OH is 1. The molecule has 0 saturated heterocycles. The summed E-state index contributed by atoms with van der Waals surface area (Å²) < 4.78 is 1.73. The van der Waals surface area contributed by atoms with Gasteiger partial charge in [0.15, 0.2) is 4.96 Å². The molecule has 3 aromatic rings. The number of fused-ring (bicyclic) bond motifs is 1. The van der Waals surface area contributed by atoms with E-state index in [2.05, 4.69) is 4.98 Å². The molecule has 7 heteroatoms. The van der Waals surface area contributed by atoms with E-state index in [0.717, 1.165) is 39.0 Å². The van der Waals surface area contributed by atoms with Crippen molar-refractivity contribution < 1.29 is 5.11 Å². The number of pyridine rings is 1. The number of aromatic nitrogens is 3. The minimum Gasteiger partial charge on any atom is -0.396 e. The predicted molar refractivity (Wildman–Crippen MR) is 103 cm³/mol. The summed E-state index contributed by atoms with van der Waals surface area (Å²) in [5, 5.41) is 9.37. The van der Waals surface area contributed by atoms with E-state index in [1.807, 2.05) is 44.1 Å². The molecular formula is C19H22N4O2S. The number of anilines is 1. The lowest BCUT2D eigenvalue weighted by Gasteiger charge is -2.17. The van der Waals surface area contributed by atoms with Crippen molar-refractivity contribution in [3.8, 4) is 0 Å². The Morgan fingerprint density at radius 1 is 1.38 bits per heavy atom. The van der Waals surface area contributed by atoms with Crippen molar-refractivity contribution >= 4 is 22.1 Å². The molecule has 2 unspecified atom stereocenters. The zero-order valence-corrected chi connectivity index (χ0v) is 16.0. The first-order valence-corrected chi connectivity index (χ1v) is 9.56. The quantitative estimate of drug-likeness (QED) is 0.747. The molecule has 0 spiro atoms. The Balaban J connectivity index is 1.65. The van der Waals surface area contributed by atoms with E-state index >= 15 is 0 Å². The highest BCUT2D eigenvalue weighted by atomic mass is 32.1. The standard InChI is InChI=1S/C19H22N4O2S/c1-11-4-5-16(20-8-11)22(3)9-14-7-17(25)23-18(15-6-13(15)10-24)12(2)26-19(23)21-14/h4-5,7-8,13,15,24H,6,9-10H2,1-3H3. The summed E-state index contributed by atoms with van der Waals surface area (Å²) >= 11 is 1.55. The molecule has 6 nitrogen and oxygen atoms in total. The molecule has 0 aromatic carbocycles. The number of aryl methyl sites for hydroxylation is 2. The Bertz CT molecular complexity index is 1010. The van der Waals surface area contributed by atoms with Crippen LogP contribution in [0.3, 0.4) is 0 Å². The maximum atomic E-state index is 12.8. The van der Waals surface area contributed by atoms with Crippen LogP contribution < -0.4 is 10.5 Å². The Kier molecular flexibility index (Phi) is 4.28. The van der Waals surface area contributed by atoms with E-state index in [4.69, 9.17) is 4.98 Å². The highest BCUT2D eigenvalue weighted by molar-refractivity contribution is 7.17. The molecule has 1 aliphatic carbocycles. The minimum absolute atomic E-state index is 0.0433. The van der Waals surface area contributed by atoms with E-state index in [1.165, 1.54) is 0 Å². The molecule has 0 bridgehead atoms. The number of hydrogen-bond acceptors (Lipinski definition) is 6. The van der Waals surface area contributed by atoms with Crippen LogP contribution in [0.1, 0.15) is 34.2 Å². The number of rotatable bonds is 5. The van der Waals surface area contributed by atoms with Crippen molar-refractivity contribution in [1.29, 1.82) is 0 Å². The fourth-order valence-corrected chi connectivity index (χ4v) is 4.51. The van der Waals surface area contributed by atoms with Gasteiger partial charge in [-0.05, 0) is 37.8 Å². The summed E-state index contributed by atoms with van der Waals surface area (Å²) in [7, 11) is 1.95. The van der Waals surface area contributed by atoms with Crippen molar-refractivity contribution in [2.24, 2.45) is 5.92 Å². The first-order valence-electron chi connectivity index (χ1n) is 8.74. The Morgan fingerprint density at radius 2 is 2.19 bits per heavy atom. The van der Waals surface area contributed by atoms with Gasteiger partial charge in [0.25, 0.3) is 5.56 Å².